The average molecular weight is 429 g/mol. The number of amides is 1. The number of primary amides is 1. The van der Waals surface area contributed by atoms with Crippen LogP contribution in [0.4, 0.5) is 26.1 Å². The van der Waals surface area contributed by atoms with Gasteiger partial charge in [0.1, 0.15) is 5.82 Å². The van der Waals surface area contributed by atoms with E-state index >= 15 is 0 Å². The molecule has 6 N–H and O–H groups in total. The Balaban J connectivity index is 1.68. The van der Waals surface area contributed by atoms with Crippen LogP contribution < -0.4 is 22.1 Å². The molecular formula is C21H25F2N7O. The van der Waals surface area contributed by atoms with Crippen LogP contribution in [-0.4, -0.2) is 32.8 Å². The molecule has 10 heteroatoms. The predicted octanol–water partition coefficient (Wildman–Crippen LogP) is 3.25. The molecule has 1 saturated carbocycles. The first-order valence-electron chi connectivity index (χ1n) is 10.3. The number of pyridine rings is 1. The van der Waals surface area contributed by atoms with E-state index in [2.05, 4.69) is 20.7 Å². The van der Waals surface area contributed by atoms with Gasteiger partial charge in [-0.25, -0.2) is 9.37 Å². The van der Waals surface area contributed by atoms with Gasteiger partial charge in [0.15, 0.2) is 11.6 Å². The molecule has 0 spiro atoms. The summed E-state index contributed by atoms with van der Waals surface area (Å²) in [6, 6.07) is 5.79. The highest BCUT2D eigenvalue weighted by Crippen LogP contribution is 2.28. The number of aromatic nitrogens is 3. The minimum atomic E-state index is -0.833. The van der Waals surface area contributed by atoms with Crippen LogP contribution in [0.5, 0.6) is 0 Å². The second-order valence-corrected chi connectivity index (χ2v) is 7.74. The van der Waals surface area contributed by atoms with E-state index in [1.54, 1.807) is 22.9 Å². The molecule has 1 aromatic carbocycles. The van der Waals surface area contributed by atoms with Crippen LogP contribution in [-0.2, 0) is 6.54 Å². The summed E-state index contributed by atoms with van der Waals surface area (Å²) in [4.78, 5) is 16.2. The SMILES string of the molecule is CCn1nc(F)c2cc(Nc3nc(NC4CCCCC4N)c(F)cc3C(N)=O)ccc21. The van der Waals surface area contributed by atoms with Gasteiger partial charge in [0.25, 0.3) is 5.91 Å². The molecule has 2 unspecified atom stereocenters. The van der Waals surface area contributed by atoms with Crippen molar-refractivity contribution >= 4 is 34.1 Å². The molecular weight excluding hydrogens is 404 g/mol. The summed E-state index contributed by atoms with van der Waals surface area (Å²) in [6.07, 6.45) is 3.69. The maximum Gasteiger partial charge on any atom is 0.252 e. The monoisotopic (exact) mass is 429 g/mol. The minimum Gasteiger partial charge on any atom is -0.365 e. The fourth-order valence-corrected chi connectivity index (χ4v) is 3.98. The zero-order chi connectivity index (χ0) is 22.1. The normalized spacial score (nSPS) is 18.8. The van der Waals surface area contributed by atoms with Crippen molar-refractivity contribution in [1.29, 1.82) is 0 Å². The zero-order valence-corrected chi connectivity index (χ0v) is 17.2. The van der Waals surface area contributed by atoms with E-state index < -0.39 is 17.7 Å². The van der Waals surface area contributed by atoms with Crippen LogP contribution in [0.3, 0.4) is 0 Å². The lowest BCUT2D eigenvalue weighted by molar-refractivity contribution is 0.100. The predicted molar refractivity (Wildman–Crippen MR) is 115 cm³/mol. The largest absolute Gasteiger partial charge is 0.365 e. The van der Waals surface area contributed by atoms with E-state index in [-0.39, 0.29) is 29.3 Å². The molecule has 2 heterocycles. The van der Waals surface area contributed by atoms with Crippen molar-refractivity contribution in [3.8, 4) is 0 Å². The highest BCUT2D eigenvalue weighted by atomic mass is 19.1. The quantitative estimate of drug-likeness (QED) is 0.477. The summed E-state index contributed by atoms with van der Waals surface area (Å²) in [5.41, 5.74) is 12.6. The van der Waals surface area contributed by atoms with Crippen LogP contribution in [0.25, 0.3) is 10.9 Å². The molecule has 2 aromatic heterocycles. The number of carbonyl (C=O) groups is 1. The lowest BCUT2D eigenvalue weighted by atomic mass is 9.91. The number of nitrogens with zero attached hydrogens (tertiary/aromatic N) is 3. The highest BCUT2D eigenvalue weighted by molar-refractivity contribution is 5.99. The Labute approximate surface area is 178 Å². The zero-order valence-electron chi connectivity index (χ0n) is 17.2. The number of hydrogen-bond donors (Lipinski definition) is 4. The summed E-state index contributed by atoms with van der Waals surface area (Å²) < 4.78 is 30.4. The molecule has 164 valence electrons. The molecule has 3 aromatic rings. The summed E-state index contributed by atoms with van der Waals surface area (Å²) in [6.45, 7) is 2.39. The fraction of sp³-hybridized carbons (Fsp3) is 0.381. The van der Waals surface area contributed by atoms with Crippen LogP contribution >= 0.6 is 0 Å². The first kappa shape index (κ1) is 21.0. The molecule has 31 heavy (non-hydrogen) atoms. The number of rotatable bonds is 6. The molecule has 1 aliphatic rings. The molecule has 4 rings (SSSR count). The van der Waals surface area contributed by atoms with Crippen LogP contribution in [0.15, 0.2) is 24.3 Å². The lowest BCUT2D eigenvalue weighted by Gasteiger charge is -2.30. The van der Waals surface area contributed by atoms with Gasteiger partial charge < -0.3 is 22.1 Å². The number of benzene rings is 1. The second kappa shape index (κ2) is 8.46. The Morgan fingerprint density at radius 3 is 2.71 bits per heavy atom. The standard InChI is InChI=1S/C21H25F2N7O/c1-2-30-17-8-7-11(9-12(17)18(23)29-30)26-20-13(19(25)31)10-14(22)21(28-20)27-16-6-4-3-5-15(16)24/h7-10,15-16H,2-6,24H2,1H3,(H2,25,31)(H2,26,27,28). The van der Waals surface area contributed by atoms with Gasteiger partial charge in [-0.3, -0.25) is 9.48 Å². The van der Waals surface area contributed by atoms with E-state index in [0.717, 1.165) is 31.7 Å². The van der Waals surface area contributed by atoms with Gasteiger partial charge in [0.2, 0.25) is 5.95 Å². The first-order chi connectivity index (χ1) is 14.9. The van der Waals surface area contributed by atoms with Crippen molar-refractivity contribution in [2.24, 2.45) is 11.5 Å². The third-order valence-corrected chi connectivity index (χ3v) is 5.65. The Morgan fingerprint density at radius 2 is 2.00 bits per heavy atom. The third kappa shape index (κ3) is 4.15. The van der Waals surface area contributed by atoms with E-state index in [1.807, 2.05) is 6.92 Å². The smallest absolute Gasteiger partial charge is 0.252 e. The molecule has 1 aliphatic carbocycles. The van der Waals surface area contributed by atoms with Crippen LogP contribution in [0.1, 0.15) is 43.0 Å². The molecule has 0 aliphatic heterocycles. The molecule has 0 radical (unpaired) electrons. The number of fused-ring (bicyclic) bond motifs is 1. The van der Waals surface area contributed by atoms with Gasteiger partial charge in [-0.05, 0) is 44.0 Å². The number of halogens is 2. The van der Waals surface area contributed by atoms with Gasteiger partial charge in [-0.15, -0.1) is 5.10 Å². The maximum atomic E-state index is 14.7. The van der Waals surface area contributed by atoms with Crippen molar-refractivity contribution in [2.75, 3.05) is 10.6 Å². The Morgan fingerprint density at radius 1 is 1.23 bits per heavy atom. The van der Waals surface area contributed by atoms with Crippen molar-refractivity contribution in [3.05, 3.63) is 41.6 Å². The molecule has 8 nitrogen and oxygen atoms in total. The van der Waals surface area contributed by atoms with Gasteiger partial charge >= 0.3 is 0 Å². The fourth-order valence-electron chi connectivity index (χ4n) is 3.98. The van der Waals surface area contributed by atoms with Crippen LogP contribution in [0.2, 0.25) is 0 Å². The lowest BCUT2D eigenvalue weighted by Crippen LogP contribution is -2.43. The molecule has 1 fully saturated rings. The summed E-state index contributed by atoms with van der Waals surface area (Å²) in [5, 5.41) is 10.2. The van der Waals surface area contributed by atoms with E-state index in [1.165, 1.54) is 0 Å². The van der Waals surface area contributed by atoms with Crippen molar-refractivity contribution in [1.82, 2.24) is 14.8 Å². The molecule has 1 amide bonds. The number of nitrogens with one attached hydrogen (secondary N) is 2. The number of anilines is 3. The van der Waals surface area contributed by atoms with Crippen LogP contribution in [0, 0.1) is 11.8 Å². The van der Waals surface area contributed by atoms with Gasteiger partial charge in [0.05, 0.1) is 16.5 Å². The molecule has 0 saturated heterocycles. The molecule has 0 bridgehead atoms. The number of nitrogens with two attached hydrogens (primary N) is 2. The van der Waals surface area contributed by atoms with Crippen molar-refractivity contribution < 1.29 is 13.6 Å². The minimum absolute atomic E-state index is 0.0130. The highest BCUT2D eigenvalue weighted by Gasteiger charge is 2.24. The topological polar surface area (TPSA) is 124 Å². The second-order valence-electron chi connectivity index (χ2n) is 7.74. The summed E-state index contributed by atoms with van der Waals surface area (Å²) in [5.74, 6) is -2.07. The third-order valence-electron chi connectivity index (χ3n) is 5.65. The van der Waals surface area contributed by atoms with Crippen molar-refractivity contribution in [2.45, 2.75) is 51.2 Å². The Bertz CT molecular complexity index is 1130. The van der Waals surface area contributed by atoms with Gasteiger partial charge in [0, 0.05) is 24.3 Å². The average Bonchev–Trinajstić information content (AvgIpc) is 3.07. The van der Waals surface area contributed by atoms with Crippen molar-refractivity contribution in [3.63, 3.8) is 0 Å². The first-order valence-corrected chi connectivity index (χ1v) is 10.3. The van der Waals surface area contributed by atoms with Gasteiger partial charge in [-0.2, -0.15) is 4.39 Å². The molecule has 2 atom stereocenters. The number of carbonyl (C=O) groups excluding carboxylic acids is 1. The Kier molecular flexibility index (Phi) is 5.73. The number of hydrogen-bond acceptors (Lipinski definition) is 6. The van der Waals surface area contributed by atoms with E-state index in [0.29, 0.717) is 23.1 Å². The Hall–Kier alpha value is -3.27. The van der Waals surface area contributed by atoms with E-state index in [4.69, 9.17) is 11.5 Å². The summed E-state index contributed by atoms with van der Waals surface area (Å²) in [7, 11) is 0. The maximum absolute atomic E-state index is 14.7. The van der Waals surface area contributed by atoms with E-state index in [9.17, 15) is 13.6 Å². The van der Waals surface area contributed by atoms with Gasteiger partial charge in [-0.1, -0.05) is 12.8 Å². The number of aryl methyl sites for hydroxylation is 1. The summed E-state index contributed by atoms with van der Waals surface area (Å²) >= 11 is 0.